The van der Waals surface area contributed by atoms with Gasteiger partial charge in [0.25, 0.3) is 5.91 Å². The number of carbonyl (C=O) groups excluding carboxylic acids is 3. The second-order valence-corrected chi connectivity index (χ2v) is 6.40. The molecule has 1 aromatic carbocycles. The minimum Gasteiger partial charge on any atom is -0.497 e. The second kappa shape index (κ2) is 6.70. The number of amides is 3. The van der Waals surface area contributed by atoms with Crippen LogP contribution in [0.5, 0.6) is 5.75 Å². The first-order chi connectivity index (χ1) is 12.3. The summed E-state index contributed by atoms with van der Waals surface area (Å²) in [5.74, 6) is -0.319. The van der Waals surface area contributed by atoms with Crippen LogP contribution in [0.2, 0.25) is 0 Å². The van der Waals surface area contributed by atoms with Gasteiger partial charge in [0.2, 0.25) is 11.8 Å². The topological polar surface area (TPSA) is 97.9 Å². The lowest BCUT2D eigenvalue weighted by atomic mass is 10.1. The van der Waals surface area contributed by atoms with Gasteiger partial charge in [0, 0.05) is 38.0 Å². The number of nitrogens with zero attached hydrogens (tertiary/aromatic N) is 3. The predicted molar refractivity (Wildman–Crippen MR) is 95.7 cm³/mol. The van der Waals surface area contributed by atoms with Crippen LogP contribution in [0.25, 0.3) is 10.9 Å². The molecule has 0 saturated carbocycles. The van der Waals surface area contributed by atoms with E-state index in [1.165, 1.54) is 11.8 Å². The van der Waals surface area contributed by atoms with Crippen molar-refractivity contribution in [2.24, 2.45) is 12.8 Å². The quantitative estimate of drug-likeness (QED) is 0.856. The maximum absolute atomic E-state index is 13.0. The summed E-state index contributed by atoms with van der Waals surface area (Å²) in [6.45, 7) is 2.13. The molecule has 1 aromatic heterocycles. The molecule has 1 aliphatic rings. The van der Waals surface area contributed by atoms with Crippen LogP contribution in [0, 0.1) is 0 Å². The van der Waals surface area contributed by atoms with Crippen LogP contribution >= 0.6 is 0 Å². The van der Waals surface area contributed by atoms with E-state index >= 15 is 0 Å². The fraction of sp³-hybridized carbons (Fsp3) is 0.389. The molecule has 1 saturated heterocycles. The number of rotatable bonds is 3. The van der Waals surface area contributed by atoms with Crippen molar-refractivity contribution in [2.45, 2.75) is 13.0 Å². The van der Waals surface area contributed by atoms with Gasteiger partial charge in [0.15, 0.2) is 0 Å². The zero-order valence-electron chi connectivity index (χ0n) is 15.1. The average molecular weight is 358 g/mol. The summed E-state index contributed by atoms with van der Waals surface area (Å²) >= 11 is 0. The molecule has 1 atom stereocenters. The summed E-state index contributed by atoms with van der Waals surface area (Å²) in [6, 6.07) is 6.60. The van der Waals surface area contributed by atoms with Crippen LogP contribution in [0.4, 0.5) is 0 Å². The molecule has 26 heavy (non-hydrogen) atoms. The number of benzene rings is 1. The molecule has 0 unspecified atom stereocenters. The molecule has 0 aliphatic carbocycles. The molecule has 8 heteroatoms. The van der Waals surface area contributed by atoms with Gasteiger partial charge in [0.05, 0.1) is 13.7 Å². The molecule has 2 N–H and O–H groups in total. The number of methoxy groups -OCH3 is 1. The van der Waals surface area contributed by atoms with Crippen molar-refractivity contribution in [3.63, 3.8) is 0 Å². The molecule has 1 aliphatic heterocycles. The van der Waals surface area contributed by atoms with Crippen molar-refractivity contribution in [3.05, 3.63) is 30.0 Å². The highest BCUT2D eigenvalue weighted by Crippen LogP contribution is 2.25. The zero-order chi connectivity index (χ0) is 19.0. The van der Waals surface area contributed by atoms with Gasteiger partial charge in [-0.2, -0.15) is 0 Å². The summed E-state index contributed by atoms with van der Waals surface area (Å²) in [6.07, 6.45) is 0. The Labute approximate surface area is 151 Å². The van der Waals surface area contributed by atoms with Crippen molar-refractivity contribution in [1.29, 1.82) is 0 Å². The third kappa shape index (κ3) is 2.98. The molecule has 0 radical (unpaired) electrons. The number of piperazine rings is 1. The highest BCUT2D eigenvalue weighted by molar-refractivity contribution is 5.99. The number of hydrogen-bond acceptors (Lipinski definition) is 4. The first-order valence-corrected chi connectivity index (χ1v) is 8.32. The smallest absolute Gasteiger partial charge is 0.270 e. The first-order valence-electron chi connectivity index (χ1n) is 8.32. The molecule has 3 rings (SSSR count). The van der Waals surface area contributed by atoms with Gasteiger partial charge < -0.3 is 24.8 Å². The number of fused-ring (bicyclic) bond motifs is 1. The molecule has 0 spiro atoms. The van der Waals surface area contributed by atoms with E-state index in [9.17, 15) is 14.4 Å². The van der Waals surface area contributed by atoms with Crippen LogP contribution < -0.4 is 10.5 Å². The first kappa shape index (κ1) is 17.8. The number of aromatic nitrogens is 1. The van der Waals surface area contributed by atoms with Crippen molar-refractivity contribution < 1.29 is 19.1 Å². The van der Waals surface area contributed by atoms with Crippen LogP contribution in [-0.2, 0) is 16.6 Å². The van der Waals surface area contributed by atoms with E-state index in [0.29, 0.717) is 18.0 Å². The van der Waals surface area contributed by atoms with Crippen LogP contribution in [0.3, 0.4) is 0 Å². The van der Waals surface area contributed by atoms with Gasteiger partial charge in [-0.25, -0.2) is 0 Å². The number of aryl methyl sites for hydroxylation is 1. The van der Waals surface area contributed by atoms with Gasteiger partial charge in [-0.05, 0) is 24.3 Å². The number of carbonyl (C=O) groups is 3. The molecule has 0 bridgehead atoms. The molecule has 1 fully saturated rings. The summed E-state index contributed by atoms with van der Waals surface area (Å²) in [7, 11) is 3.41. The Balaban J connectivity index is 1.90. The summed E-state index contributed by atoms with van der Waals surface area (Å²) < 4.78 is 7.04. The van der Waals surface area contributed by atoms with E-state index in [2.05, 4.69) is 0 Å². The van der Waals surface area contributed by atoms with Gasteiger partial charge in [0.1, 0.15) is 17.5 Å². The standard InChI is InChI=1S/C18H22N4O4/c1-11(23)22-7-6-21(10-16(22)17(19)24)18(25)15-9-12-8-13(26-3)4-5-14(12)20(15)2/h4-5,8-9,16H,6-7,10H2,1-3H3,(H2,19,24)/t16-/m0/s1. The number of ether oxygens (including phenoxy) is 1. The number of nitrogens with two attached hydrogens (primary N) is 1. The fourth-order valence-corrected chi connectivity index (χ4v) is 3.41. The lowest BCUT2D eigenvalue weighted by Gasteiger charge is -2.39. The lowest BCUT2D eigenvalue weighted by molar-refractivity contribution is -0.140. The van der Waals surface area contributed by atoms with Gasteiger partial charge in [-0.1, -0.05) is 0 Å². The van der Waals surface area contributed by atoms with Crippen molar-refractivity contribution >= 4 is 28.6 Å². The van der Waals surface area contributed by atoms with E-state index in [1.54, 1.807) is 18.1 Å². The minimum absolute atomic E-state index is 0.0958. The molecule has 8 nitrogen and oxygen atoms in total. The van der Waals surface area contributed by atoms with Crippen LogP contribution in [0.15, 0.2) is 24.3 Å². The van der Waals surface area contributed by atoms with Gasteiger partial charge in [-0.15, -0.1) is 0 Å². The maximum Gasteiger partial charge on any atom is 0.270 e. The monoisotopic (exact) mass is 358 g/mol. The Morgan fingerprint density at radius 2 is 1.92 bits per heavy atom. The summed E-state index contributed by atoms with van der Waals surface area (Å²) in [4.78, 5) is 39.4. The Kier molecular flexibility index (Phi) is 4.58. The Morgan fingerprint density at radius 3 is 2.54 bits per heavy atom. The van der Waals surface area contributed by atoms with Crippen LogP contribution in [-0.4, -0.2) is 64.9 Å². The largest absolute Gasteiger partial charge is 0.497 e. The van der Waals surface area contributed by atoms with Crippen molar-refractivity contribution in [2.75, 3.05) is 26.7 Å². The third-order valence-corrected chi connectivity index (χ3v) is 4.87. The highest BCUT2D eigenvalue weighted by atomic mass is 16.5. The molecular formula is C18H22N4O4. The Bertz CT molecular complexity index is 889. The number of primary amides is 1. The minimum atomic E-state index is -0.806. The fourth-order valence-electron chi connectivity index (χ4n) is 3.41. The normalized spacial score (nSPS) is 17.4. The van der Waals surface area contributed by atoms with Crippen molar-refractivity contribution in [1.82, 2.24) is 14.4 Å². The van der Waals surface area contributed by atoms with Crippen molar-refractivity contribution in [3.8, 4) is 5.75 Å². The van der Waals surface area contributed by atoms with E-state index in [-0.39, 0.29) is 24.9 Å². The Hall–Kier alpha value is -3.03. The SMILES string of the molecule is COc1ccc2c(c1)cc(C(=O)N1CCN(C(C)=O)[C@H](C(N)=O)C1)n2C. The van der Waals surface area contributed by atoms with E-state index in [4.69, 9.17) is 10.5 Å². The van der Waals surface area contributed by atoms with E-state index in [1.807, 2.05) is 29.8 Å². The molecule has 3 amide bonds. The third-order valence-electron chi connectivity index (χ3n) is 4.87. The Morgan fingerprint density at radius 1 is 1.19 bits per heavy atom. The van der Waals surface area contributed by atoms with E-state index < -0.39 is 11.9 Å². The van der Waals surface area contributed by atoms with Gasteiger partial charge >= 0.3 is 0 Å². The van der Waals surface area contributed by atoms with E-state index in [0.717, 1.165) is 10.9 Å². The molecule has 138 valence electrons. The summed E-state index contributed by atoms with van der Waals surface area (Å²) in [5, 5.41) is 0.893. The highest BCUT2D eigenvalue weighted by Gasteiger charge is 2.35. The lowest BCUT2D eigenvalue weighted by Crippen LogP contribution is -2.60. The molecule has 2 heterocycles. The maximum atomic E-state index is 13.0. The predicted octanol–water partition coefficient (Wildman–Crippen LogP) is 0.345. The molecular weight excluding hydrogens is 336 g/mol. The number of hydrogen-bond donors (Lipinski definition) is 1. The second-order valence-electron chi connectivity index (χ2n) is 6.40. The van der Waals surface area contributed by atoms with Gasteiger partial charge in [-0.3, -0.25) is 14.4 Å². The van der Waals surface area contributed by atoms with Crippen LogP contribution in [0.1, 0.15) is 17.4 Å². The summed E-state index contributed by atoms with van der Waals surface area (Å²) in [5.41, 5.74) is 6.84. The average Bonchev–Trinajstić information content (AvgIpc) is 2.96. The molecule has 2 aromatic rings. The zero-order valence-corrected chi connectivity index (χ0v) is 15.1.